The lowest BCUT2D eigenvalue weighted by atomic mass is 10.1. The Morgan fingerprint density at radius 1 is 1.06 bits per heavy atom. The molecule has 1 aliphatic heterocycles. The molecule has 31 heavy (non-hydrogen) atoms. The second kappa shape index (κ2) is 10.2. The summed E-state index contributed by atoms with van der Waals surface area (Å²) in [6, 6.07) is 15.9. The third kappa shape index (κ3) is 5.48. The van der Waals surface area contributed by atoms with E-state index in [1.807, 2.05) is 53.9 Å². The monoisotopic (exact) mass is 436 g/mol. The number of carbonyl (C=O) groups excluding carboxylic acids is 2. The van der Waals surface area contributed by atoms with Crippen LogP contribution < -0.4 is 15.5 Å². The number of anilines is 1. The first-order chi connectivity index (χ1) is 15.2. The number of morpholine rings is 1. The summed E-state index contributed by atoms with van der Waals surface area (Å²) in [6.07, 6.45) is 1.77. The zero-order chi connectivity index (χ0) is 21.5. The van der Waals surface area contributed by atoms with E-state index in [9.17, 15) is 9.59 Å². The van der Waals surface area contributed by atoms with Crippen molar-refractivity contribution < 1.29 is 14.3 Å². The molecule has 0 spiro atoms. The largest absolute Gasteiger partial charge is 0.378 e. The fourth-order valence-electron chi connectivity index (χ4n) is 3.35. The van der Waals surface area contributed by atoms with Crippen molar-refractivity contribution in [3.8, 4) is 0 Å². The van der Waals surface area contributed by atoms with Gasteiger partial charge in [0.25, 0.3) is 5.91 Å². The maximum absolute atomic E-state index is 13.0. The number of pyridine rings is 1. The van der Waals surface area contributed by atoms with E-state index in [1.165, 1.54) is 11.3 Å². The Labute approximate surface area is 185 Å². The van der Waals surface area contributed by atoms with Gasteiger partial charge in [0.1, 0.15) is 11.9 Å². The molecular weight excluding hydrogens is 412 g/mol. The summed E-state index contributed by atoms with van der Waals surface area (Å²) in [4.78, 5) is 32.8. The number of ether oxygens (including phenoxy) is 1. The van der Waals surface area contributed by atoms with Crippen LogP contribution >= 0.6 is 11.3 Å². The summed E-state index contributed by atoms with van der Waals surface area (Å²) in [6.45, 7) is 3.39. The molecule has 4 rings (SSSR count). The summed E-state index contributed by atoms with van der Waals surface area (Å²) >= 11 is 1.34. The molecule has 0 aliphatic carbocycles. The van der Waals surface area contributed by atoms with Crippen molar-refractivity contribution >= 4 is 29.0 Å². The molecule has 1 fully saturated rings. The van der Waals surface area contributed by atoms with E-state index >= 15 is 0 Å². The van der Waals surface area contributed by atoms with Crippen LogP contribution in [-0.4, -0.2) is 43.1 Å². The van der Waals surface area contributed by atoms with Gasteiger partial charge in [-0.15, -0.1) is 11.3 Å². The van der Waals surface area contributed by atoms with Crippen molar-refractivity contribution in [3.05, 3.63) is 82.2 Å². The molecule has 1 aromatic carbocycles. The summed E-state index contributed by atoms with van der Waals surface area (Å²) in [7, 11) is 0. The molecule has 2 aromatic heterocycles. The van der Waals surface area contributed by atoms with E-state index in [0.29, 0.717) is 24.6 Å². The van der Waals surface area contributed by atoms with Gasteiger partial charge in [-0.25, -0.2) is 4.98 Å². The zero-order valence-corrected chi connectivity index (χ0v) is 17.8. The Bertz CT molecular complexity index is 987. The third-order valence-electron chi connectivity index (χ3n) is 5.03. The van der Waals surface area contributed by atoms with Gasteiger partial charge in [-0.1, -0.05) is 42.5 Å². The van der Waals surface area contributed by atoms with Crippen molar-refractivity contribution in [1.82, 2.24) is 15.6 Å². The van der Waals surface area contributed by atoms with Gasteiger partial charge in [0.15, 0.2) is 0 Å². The minimum absolute atomic E-state index is 0.268. The van der Waals surface area contributed by atoms with E-state index in [2.05, 4.69) is 20.5 Å². The Kier molecular flexibility index (Phi) is 6.91. The zero-order valence-electron chi connectivity index (χ0n) is 17.0. The van der Waals surface area contributed by atoms with Crippen molar-refractivity contribution in [2.24, 2.45) is 0 Å². The highest BCUT2D eigenvalue weighted by atomic mass is 32.1. The summed E-state index contributed by atoms with van der Waals surface area (Å²) in [5, 5.41) is 7.61. The molecule has 1 aliphatic rings. The second-order valence-electron chi connectivity index (χ2n) is 7.14. The standard InChI is InChI=1S/C23H24N4O3S/c28-22(19-7-4-14-31-19)26-21(18-5-2-1-3-6-18)23(29)25-16-17-8-9-20(24-15-17)27-10-12-30-13-11-27/h1-9,14-15,21H,10-13,16H2,(H,25,29)(H,26,28)/t21-/m0/s1. The smallest absolute Gasteiger partial charge is 0.262 e. The fraction of sp³-hybridized carbons (Fsp3) is 0.261. The molecular formula is C23H24N4O3S. The molecule has 0 unspecified atom stereocenters. The predicted molar refractivity (Wildman–Crippen MR) is 120 cm³/mol. The number of nitrogens with zero attached hydrogens (tertiary/aromatic N) is 2. The minimum atomic E-state index is -0.781. The second-order valence-corrected chi connectivity index (χ2v) is 8.08. The summed E-state index contributed by atoms with van der Waals surface area (Å²) < 4.78 is 5.37. The molecule has 0 saturated carbocycles. The Morgan fingerprint density at radius 3 is 2.55 bits per heavy atom. The first-order valence-corrected chi connectivity index (χ1v) is 11.0. The van der Waals surface area contributed by atoms with Crippen LogP contribution in [0.5, 0.6) is 0 Å². The van der Waals surface area contributed by atoms with Gasteiger partial charge < -0.3 is 20.3 Å². The van der Waals surface area contributed by atoms with Crippen molar-refractivity contribution in [1.29, 1.82) is 0 Å². The highest BCUT2D eigenvalue weighted by molar-refractivity contribution is 7.12. The van der Waals surface area contributed by atoms with Crippen molar-refractivity contribution in [2.75, 3.05) is 31.2 Å². The van der Waals surface area contributed by atoms with Crippen LogP contribution in [0.4, 0.5) is 5.82 Å². The number of carbonyl (C=O) groups is 2. The van der Waals surface area contributed by atoms with Gasteiger partial charge in [0, 0.05) is 25.8 Å². The number of rotatable bonds is 7. The average Bonchev–Trinajstić information content (AvgIpc) is 3.38. The number of nitrogens with one attached hydrogen (secondary N) is 2. The van der Waals surface area contributed by atoms with E-state index in [-0.39, 0.29) is 11.8 Å². The quantitative estimate of drug-likeness (QED) is 0.595. The predicted octanol–water partition coefficient (Wildman–Crippen LogP) is 2.77. The van der Waals surface area contributed by atoms with E-state index < -0.39 is 6.04 Å². The van der Waals surface area contributed by atoms with Crippen molar-refractivity contribution in [3.63, 3.8) is 0 Å². The van der Waals surface area contributed by atoms with Crippen LogP contribution in [0, 0.1) is 0 Å². The molecule has 0 bridgehead atoms. The third-order valence-corrected chi connectivity index (χ3v) is 5.90. The van der Waals surface area contributed by atoms with Gasteiger partial charge in [0.05, 0.1) is 18.1 Å². The van der Waals surface area contributed by atoms with E-state index in [0.717, 1.165) is 30.0 Å². The lowest BCUT2D eigenvalue weighted by Crippen LogP contribution is -2.40. The van der Waals surface area contributed by atoms with Gasteiger partial charge in [-0.05, 0) is 28.6 Å². The minimum Gasteiger partial charge on any atom is -0.378 e. The van der Waals surface area contributed by atoms with Crippen LogP contribution in [0.25, 0.3) is 0 Å². The number of hydrogen-bond acceptors (Lipinski definition) is 6. The Balaban J connectivity index is 1.40. The van der Waals surface area contributed by atoms with Gasteiger partial charge in [0.2, 0.25) is 5.91 Å². The molecule has 2 amide bonds. The lowest BCUT2D eigenvalue weighted by molar-refractivity contribution is -0.123. The molecule has 3 heterocycles. The lowest BCUT2D eigenvalue weighted by Gasteiger charge is -2.27. The number of aromatic nitrogens is 1. The number of benzene rings is 1. The summed E-state index contributed by atoms with van der Waals surface area (Å²) in [5.74, 6) is 0.368. The molecule has 0 radical (unpaired) electrons. The number of amides is 2. The number of thiophene rings is 1. The first kappa shape index (κ1) is 21.0. The molecule has 2 N–H and O–H groups in total. The topological polar surface area (TPSA) is 83.6 Å². The fourth-order valence-corrected chi connectivity index (χ4v) is 3.97. The molecule has 7 nitrogen and oxygen atoms in total. The maximum Gasteiger partial charge on any atom is 0.262 e. The van der Waals surface area contributed by atoms with E-state index in [1.54, 1.807) is 12.3 Å². The van der Waals surface area contributed by atoms with Crippen LogP contribution in [0.2, 0.25) is 0 Å². The van der Waals surface area contributed by atoms with Gasteiger partial charge >= 0.3 is 0 Å². The van der Waals surface area contributed by atoms with Crippen LogP contribution in [0.15, 0.2) is 66.2 Å². The number of hydrogen-bond donors (Lipinski definition) is 2. The highest BCUT2D eigenvalue weighted by Gasteiger charge is 2.23. The molecule has 160 valence electrons. The van der Waals surface area contributed by atoms with Crippen LogP contribution in [-0.2, 0) is 16.1 Å². The van der Waals surface area contributed by atoms with Crippen molar-refractivity contribution in [2.45, 2.75) is 12.6 Å². The SMILES string of the molecule is O=C(N[C@H](C(=O)NCc1ccc(N2CCOCC2)nc1)c1ccccc1)c1cccs1. The molecule has 1 saturated heterocycles. The van der Waals surface area contributed by atoms with Gasteiger partial charge in [-0.2, -0.15) is 0 Å². The Morgan fingerprint density at radius 2 is 1.87 bits per heavy atom. The molecule has 3 aromatic rings. The highest BCUT2D eigenvalue weighted by Crippen LogP contribution is 2.17. The summed E-state index contributed by atoms with van der Waals surface area (Å²) in [5.41, 5.74) is 1.62. The van der Waals surface area contributed by atoms with Crippen LogP contribution in [0.1, 0.15) is 26.8 Å². The van der Waals surface area contributed by atoms with E-state index in [4.69, 9.17) is 4.74 Å². The average molecular weight is 437 g/mol. The maximum atomic E-state index is 13.0. The Hall–Kier alpha value is -3.23. The molecule has 8 heteroatoms. The van der Waals surface area contributed by atoms with Gasteiger partial charge in [-0.3, -0.25) is 9.59 Å². The molecule has 1 atom stereocenters. The normalized spacial score (nSPS) is 14.6. The van der Waals surface area contributed by atoms with Crippen LogP contribution in [0.3, 0.4) is 0 Å². The first-order valence-electron chi connectivity index (χ1n) is 10.2.